The van der Waals surface area contributed by atoms with Crippen LogP contribution in [0.3, 0.4) is 0 Å². The van der Waals surface area contributed by atoms with Crippen LogP contribution in [0.5, 0.6) is 0 Å². The topological polar surface area (TPSA) is 73.3 Å². The zero-order valence-corrected chi connectivity index (χ0v) is 19.2. The van der Waals surface area contributed by atoms with Crippen molar-refractivity contribution in [1.29, 1.82) is 0 Å². The Balaban J connectivity index is 1.81. The molecular weight excluding hydrogens is 362 g/mol. The summed E-state index contributed by atoms with van der Waals surface area (Å²) in [7, 11) is 0. The van der Waals surface area contributed by atoms with E-state index >= 15 is 0 Å². The van der Waals surface area contributed by atoms with Crippen LogP contribution in [-0.4, -0.2) is 27.4 Å². The van der Waals surface area contributed by atoms with Gasteiger partial charge >= 0.3 is 0 Å². The average molecular weight is 410 g/mol. The highest BCUT2D eigenvalue weighted by molar-refractivity contribution is 5.17. The van der Waals surface area contributed by atoms with Crippen LogP contribution in [0.2, 0.25) is 0 Å². The summed E-state index contributed by atoms with van der Waals surface area (Å²) < 4.78 is 7.29. The zero-order chi connectivity index (χ0) is 21.2. The first-order valence-corrected chi connectivity index (χ1v) is 12.2. The highest BCUT2D eigenvalue weighted by Gasteiger charge is 2.17. The molecule has 0 aliphatic carbocycles. The van der Waals surface area contributed by atoms with E-state index in [1.165, 1.54) is 101 Å². The van der Waals surface area contributed by atoms with E-state index in [1.807, 2.05) is 6.92 Å². The molecule has 3 N–H and O–H groups in total. The molecule has 0 aliphatic heterocycles. The minimum Gasteiger partial charge on any atom is -0.374 e. The summed E-state index contributed by atoms with van der Waals surface area (Å²) in [5.41, 5.74) is 5.71. The van der Waals surface area contributed by atoms with E-state index in [1.54, 1.807) is 12.4 Å². The maximum absolute atomic E-state index is 10.2. The number of unbranched alkanes of at least 4 members (excludes halogenated alkanes) is 15. The molecule has 5 heteroatoms. The summed E-state index contributed by atoms with van der Waals surface area (Å²) in [6.45, 7) is 4.84. The second-order valence-corrected chi connectivity index (χ2v) is 8.49. The van der Waals surface area contributed by atoms with E-state index in [9.17, 15) is 5.11 Å². The number of nitrogen functional groups attached to an aromatic ring is 1. The maximum atomic E-state index is 10.2. The Kier molecular flexibility index (Phi) is 15.9. The third-order valence-corrected chi connectivity index (χ3v) is 5.78. The molecule has 2 atom stereocenters. The van der Waals surface area contributed by atoms with Crippen molar-refractivity contribution in [3.05, 3.63) is 12.4 Å². The molecule has 29 heavy (non-hydrogen) atoms. The van der Waals surface area contributed by atoms with Gasteiger partial charge < -0.3 is 15.6 Å². The lowest BCUT2D eigenvalue weighted by Crippen LogP contribution is -2.25. The Bertz CT molecular complexity index is 478. The van der Waals surface area contributed by atoms with E-state index in [0.717, 1.165) is 6.42 Å². The SMILES string of the molecule is CCCCCCCCCCCCCCCCCCOC(C)C(O)n1ccnc1N. The van der Waals surface area contributed by atoms with Gasteiger partial charge in [0.05, 0.1) is 6.10 Å². The second kappa shape index (κ2) is 17.8. The normalized spacial score (nSPS) is 13.6. The molecule has 1 aromatic heterocycles. The number of anilines is 1. The molecule has 170 valence electrons. The standard InChI is InChI=1S/C24H47N3O2/c1-3-4-5-6-7-8-9-10-11-12-13-14-15-16-17-18-21-29-22(2)23(28)27-20-19-26-24(27)25/h19-20,22-23,28H,3-18,21H2,1-2H3,(H2,25,26). The molecule has 0 fully saturated rings. The molecule has 1 aromatic rings. The van der Waals surface area contributed by atoms with Crippen molar-refractivity contribution < 1.29 is 9.84 Å². The van der Waals surface area contributed by atoms with Gasteiger partial charge in [-0.1, -0.05) is 103 Å². The van der Waals surface area contributed by atoms with Crippen LogP contribution in [0.15, 0.2) is 12.4 Å². The third-order valence-electron chi connectivity index (χ3n) is 5.78. The summed E-state index contributed by atoms with van der Waals surface area (Å²) in [5, 5.41) is 10.2. The molecule has 0 saturated carbocycles. The number of aliphatic hydroxyl groups excluding tert-OH is 1. The lowest BCUT2D eigenvalue weighted by atomic mass is 10.0. The number of imidazole rings is 1. The van der Waals surface area contributed by atoms with Gasteiger partial charge in [0.1, 0.15) is 0 Å². The van der Waals surface area contributed by atoms with E-state index in [0.29, 0.717) is 12.6 Å². The monoisotopic (exact) mass is 409 g/mol. The quantitative estimate of drug-likeness (QED) is 0.237. The summed E-state index contributed by atoms with van der Waals surface area (Å²) in [4.78, 5) is 3.93. The van der Waals surface area contributed by atoms with Gasteiger partial charge in [-0.3, -0.25) is 4.57 Å². The number of aromatic nitrogens is 2. The number of rotatable bonds is 20. The number of aliphatic hydroxyl groups is 1. The number of nitrogens with two attached hydrogens (primary N) is 1. The zero-order valence-electron chi connectivity index (χ0n) is 19.2. The first-order valence-electron chi connectivity index (χ1n) is 12.2. The lowest BCUT2D eigenvalue weighted by Gasteiger charge is -2.21. The van der Waals surface area contributed by atoms with Crippen molar-refractivity contribution in [2.75, 3.05) is 12.3 Å². The molecule has 0 aromatic carbocycles. The minimum absolute atomic E-state index is 0.289. The van der Waals surface area contributed by atoms with Crippen LogP contribution in [-0.2, 0) is 4.74 Å². The Morgan fingerprint density at radius 3 is 1.72 bits per heavy atom. The Labute approximate surface area is 179 Å². The molecule has 0 radical (unpaired) electrons. The molecular formula is C24H47N3O2. The fourth-order valence-corrected chi connectivity index (χ4v) is 3.78. The number of nitrogens with zero attached hydrogens (tertiary/aromatic N) is 2. The Hall–Kier alpha value is -1.07. The molecule has 0 aliphatic rings. The molecule has 1 heterocycles. The summed E-state index contributed by atoms with van der Waals surface area (Å²) in [6.07, 6.45) is 24.0. The van der Waals surface area contributed by atoms with Gasteiger partial charge in [-0.2, -0.15) is 0 Å². The third kappa shape index (κ3) is 13.0. The van der Waals surface area contributed by atoms with Gasteiger partial charge in [0.15, 0.2) is 6.23 Å². The predicted molar refractivity (Wildman–Crippen MR) is 123 cm³/mol. The smallest absolute Gasteiger partial charge is 0.202 e. The van der Waals surface area contributed by atoms with Crippen molar-refractivity contribution in [3.8, 4) is 0 Å². The van der Waals surface area contributed by atoms with E-state index in [2.05, 4.69) is 11.9 Å². The van der Waals surface area contributed by atoms with Crippen LogP contribution in [0.4, 0.5) is 5.95 Å². The van der Waals surface area contributed by atoms with E-state index < -0.39 is 6.23 Å². The van der Waals surface area contributed by atoms with Crippen LogP contribution in [0, 0.1) is 0 Å². The van der Waals surface area contributed by atoms with Crippen molar-refractivity contribution in [1.82, 2.24) is 9.55 Å². The van der Waals surface area contributed by atoms with Gasteiger partial charge in [-0.05, 0) is 13.3 Å². The number of hydrogen-bond acceptors (Lipinski definition) is 4. The van der Waals surface area contributed by atoms with Gasteiger partial charge in [0.2, 0.25) is 5.95 Å². The summed E-state index contributed by atoms with van der Waals surface area (Å²) in [6, 6.07) is 0. The van der Waals surface area contributed by atoms with Crippen LogP contribution >= 0.6 is 0 Å². The molecule has 0 bridgehead atoms. The van der Waals surface area contributed by atoms with Crippen LogP contribution < -0.4 is 5.73 Å². The van der Waals surface area contributed by atoms with Gasteiger partial charge in [0.25, 0.3) is 0 Å². The Morgan fingerprint density at radius 1 is 0.862 bits per heavy atom. The average Bonchev–Trinajstić information content (AvgIpc) is 3.15. The van der Waals surface area contributed by atoms with Gasteiger partial charge in [-0.15, -0.1) is 0 Å². The van der Waals surface area contributed by atoms with E-state index in [-0.39, 0.29) is 6.10 Å². The molecule has 0 spiro atoms. The maximum Gasteiger partial charge on any atom is 0.202 e. The van der Waals surface area contributed by atoms with Crippen LogP contribution in [0.1, 0.15) is 123 Å². The highest BCUT2D eigenvalue weighted by atomic mass is 16.5. The first-order chi connectivity index (χ1) is 14.2. The summed E-state index contributed by atoms with van der Waals surface area (Å²) >= 11 is 0. The fraction of sp³-hybridized carbons (Fsp3) is 0.875. The number of ether oxygens (including phenoxy) is 1. The molecule has 0 amide bonds. The van der Waals surface area contributed by atoms with Gasteiger partial charge in [-0.25, -0.2) is 4.98 Å². The highest BCUT2D eigenvalue weighted by Crippen LogP contribution is 2.16. The van der Waals surface area contributed by atoms with Gasteiger partial charge in [0, 0.05) is 19.0 Å². The van der Waals surface area contributed by atoms with Crippen LogP contribution in [0.25, 0.3) is 0 Å². The van der Waals surface area contributed by atoms with E-state index in [4.69, 9.17) is 10.5 Å². The largest absolute Gasteiger partial charge is 0.374 e. The molecule has 2 unspecified atom stereocenters. The van der Waals surface area contributed by atoms with Crippen molar-refractivity contribution in [2.45, 2.75) is 129 Å². The second-order valence-electron chi connectivity index (χ2n) is 8.49. The molecule has 0 saturated heterocycles. The molecule has 5 nitrogen and oxygen atoms in total. The Morgan fingerprint density at radius 2 is 1.31 bits per heavy atom. The molecule has 1 rings (SSSR count). The van der Waals surface area contributed by atoms with Crippen molar-refractivity contribution in [3.63, 3.8) is 0 Å². The predicted octanol–water partition coefficient (Wildman–Crippen LogP) is 6.62. The minimum atomic E-state index is -0.779. The summed E-state index contributed by atoms with van der Waals surface area (Å²) in [5.74, 6) is 0.315. The first kappa shape index (κ1) is 26.0. The fourth-order valence-electron chi connectivity index (χ4n) is 3.78. The van der Waals surface area contributed by atoms with Crippen molar-refractivity contribution in [2.24, 2.45) is 0 Å². The number of hydrogen-bond donors (Lipinski definition) is 2. The lowest BCUT2D eigenvalue weighted by molar-refractivity contribution is -0.0624. The van der Waals surface area contributed by atoms with Crippen molar-refractivity contribution >= 4 is 5.95 Å².